The molecule has 0 aromatic heterocycles. The molecule has 5 heteroatoms. The van der Waals surface area contributed by atoms with Crippen LogP contribution in [0, 0.1) is 23.0 Å². The topological polar surface area (TPSA) is 23.6 Å². The lowest BCUT2D eigenvalue weighted by Gasteiger charge is -2.32. The molecule has 0 N–H and O–H groups in total. The van der Waals surface area contributed by atoms with E-state index in [1.54, 1.807) is 4.90 Å². The zero-order valence-electron chi connectivity index (χ0n) is 13.8. The Morgan fingerprint density at radius 2 is 2.13 bits per heavy atom. The molecule has 1 aliphatic heterocycles. The van der Waals surface area contributed by atoms with E-state index in [2.05, 4.69) is 4.90 Å². The molecule has 1 saturated carbocycles. The molecule has 23 heavy (non-hydrogen) atoms. The number of hydrogen-bond donors (Lipinski definition) is 0. The molecule has 1 aromatic rings. The number of nitrogens with zero attached hydrogens (tertiary/aromatic N) is 2. The third-order valence-corrected chi connectivity index (χ3v) is 5.51. The summed E-state index contributed by atoms with van der Waals surface area (Å²) in [6.07, 6.45) is 4.04. The summed E-state index contributed by atoms with van der Waals surface area (Å²) in [6, 6.07) is 3.61. The van der Waals surface area contributed by atoms with Gasteiger partial charge in [-0.3, -0.25) is 9.69 Å². The van der Waals surface area contributed by atoms with Crippen molar-refractivity contribution >= 4 is 5.91 Å². The van der Waals surface area contributed by atoms with E-state index in [1.807, 2.05) is 14.1 Å². The Balaban J connectivity index is 1.72. The van der Waals surface area contributed by atoms with Crippen LogP contribution in [0.4, 0.5) is 8.78 Å². The summed E-state index contributed by atoms with van der Waals surface area (Å²) in [4.78, 5) is 16.3. The molecule has 1 saturated heterocycles. The summed E-state index contributed by atoms with van der Waals surface area (Å²) in [5, 5.41) is 0. The average Bonchev–Trinajstić information content (AvgIpc) is 3.10. The average molecular weight is 322 g/mol. The fourth-order valence-corrected chi connectivity index (χ4v) is 4.35. The molecule has 3 rings (SSSR count). The van der Waals surface area contributed by atoms with Gasteiger partial charge in [0.05, 0.1) is 0 Å². The van der Waals surface area contributed by atoms with Crippen molar-refractivity contribution in [2.45, 2.75) is 32.2 Å². The molecule has 2 aliphatic rings. The second kappa shape index (κ2) is 6.19. The molecule has 1 aliphatic carbocycles. The number of halogens is 2. The lowest BCUT2D eigenvalue weighted by Crippen LogP contribution is -2.40. The van der Waals surface area contributed by atoms with Crippen molar-refractivity contribution in [3.05, 3.63) is 35.4 Å². The molecule has 2 atom stereocenters. The molecule has 1 spiro atoms. The largest absolute Gasteiger partial charge is 0.349 e. The van der Waals surface area contributed by atoms with Gasteiger partial charge in [0.25, 0.3) is 0 Å². The first-order valence-electron chi connectivity index (χ1n) is 8.29. The SMILES string of the molecule is CN(C)C(=O)C1CCCC12CCN(Cc1cc(F)ccc1F)C2. The molecule has 0 bridgehead atoms. The van der Waals surface area contributed by atoms with Gasteiger partial charge in [0.2, 0.25) is 5.91 Å². The second-order valence-electron chi connectivity index (χ2n) is 7.24. The highest BCUT2D eigenvalue weighted by Gasteiger charge is 2.50. The number of carbonyl (C=O) groups is 1. The zero-order chi connectivity index (χ0) is 16.6. The molecule has 3 nitrogen and oxygen atoms in total. The lowest BCUT2D eigenvalue weighted by molar-refractivity contribution is -0.136. The highest BCUT2D eigenvalue weighted by Crippen LogP contribution is 2.50. The van der Waals surface area contributed by atoms with Crippen molar-refractivity contribution < 1.29 is 13.6 Å². The number of hydrogen-bond acceptors (Lipinski definition) is 2. The zero-order valence-corrected chi connectivity index (χ0v) is 13.8. The van der Waals surface area contributed by atoms with Crippen LogP contribution in [-0.4, -0.2) is 42.9 Å². The van der Waals surface area contributed by atoms with Crippen LogP contribution in [0.15, 0.2) is 18.2 Å². The maximum absolute atomic E-state index is 13.8. The first-order valence-corrected chi connectivity index (χ1v) is 8.29. The monoisotopic (exact) mass is 322 g/mol. The molecule has 1 amide bonds. The predicted molar refractivity (Wildman–Crippen MR) is 84.7 cm³/mol. The van der Waals surface area contributed by atoms with Gasteiger partial charge in [0, 0.05) is 38.7 Å². The highest BCUT2D eigenvalue weighted by atomic mass is 19.1. The van der Waals surface area contributed by atoms with Gasteiger partial charge in [-0.2, -0.15) is 0 Å². The third kappa shape index (κ3) is 3.11. The fourth-order valence-electron chi connectivity index (χ4n) is 4.35. The maximum Gasteiger partial charge on any atom is 0.225 e. The van der Waals surface area contributed by atoms with Gasteiger partial charge in [-0.15, -0.1) is 0 Å². The van der Waals surface area contributed by atoms with E-state index in [0.29, 0.717) is 12.1 Å². The van der Waals surface area contributed by atoms with Crippen LogP contribution in [0.2, 0.25) is 0 Å². The van der Waals surface area contributed by atoms with Crippen LogP contribution in [0.5, 0.6) is 0 Å². The van der Waals surface area contributed by atoms with Gasteiger partial charge in [-0.25, -0.2) is 8.78 Å². The van der Waals surface area contributed by atoms with Crippen molar-refractivity contribution in [1.82, 2.24) is 9.80 Å². The number of likely N-dealkylation sites (tertiary alicyclic amines) is 1. The standard InChI is InChI=1S/C18H24F2N2O/c1-21(2)17(23)15-4-3-7-18(15)8-9-22(12-18)11-13-10-14(19)5-6-16(13)20/h5-6,10,15H,3-4,7-9,11-12H2,1-2H3. The number of benzene rings is 1. The first-order chi connectivity index (χ1) is 10.9. The summed E-state index contributed by atoms with van der Waals surface area (Å²) in [5.74, 6) is -0.488. The van der Waals surface area contributed by atoms with Gasteiger partial charge in [-0.05, 0) is 49.4 Å². The minimum atomic E-state index is -0.406. The molecule has 0 radical (unpaired) electrons. The first kappa shape index (κ1) is 16.4. The van der Waals surface area contributed by atoms with Crippen LogP contribution in [-0.2, 0) is 11.3 Å². The lowest BCUT2D eigenvalue weighted by atomic mass is 9.76. The Morgan fingerprint density at radius 3 is 2.87 bits per heavy atom. The Kier molecular flexibility index (Phi) is 4.41. The summed E-state index contributed by atoms with van der Waals surface area (Å²) in [5.41, 5.74) is 0.418. The van der Waals surface area contributed by atoms with E-state index in [1.165, 1.54) is 12.1 Å². The van der Waals surface area contributed by atoms with Crippen LogP contribution in [0.25, 0.3) is 0 Å². The molecule has 2 unspecified atom stereocenters. The Morgan fingerprint density at radius 1 is 1.35 bits per heavy atom. The van der Waals surface area contributed by atoms with E-state index < -0.39 is 5.82 Å². The summed E-state index contributed by atoms with van der Waals surface area (Å²) < 4.78 is 27.2. The van der Waals surface area contributed by atoms with Crippen molar-refractivity contribution in [2.75, 3.05) is 27.2 Å². The van der Waals surface area contributed by atoms with Crippen molar-refractivity contribution in [3.63, 3.8) is 0 Å². The van der Waals surface area contributed by atoms with E-state index in [9.17, 15) is 13.6 Å². The Labute approximate surface area is 136 Å². The normalized spacial score (nSPS) is 27.7. The van der Waals surface area contributed by atoms with Crippen LogP contribution in [0.1, 0.15) is 31.2 Å². The Hall–Kier alpha value is -1.49. The van der Waals surface area contributed by atoms with E-state index >= 15 is 0 Å². The summed E-state index contributed by atoms with van der Waals surface area (Å²) in [7, 11) is 3.62. The van der Waals surface area contributed by atoms with Gasteiger partial charge in [-0.1, -0.05) is 6.42 Å². The Bertz CT molecular complexity index is 605. The molecule has 2 fully saturated rings. The fraction of sp³-hybridized carbons (Fsp3) is 0.611. The van der Waals surface area contributed by atoms with Gasteiger partial charge >= 0.3 is 0 Å². The highest BCUT2D eigenvalue weighted by molar-refractivity contribution is 5.79. The molecule has 126 valence electrons. The number of rotatable bonds is 3. The minimum Gasteiger partial charge on any atom is -0.349 e. The van der Waals surface area contributed by atoms with E-state index in [4.69, 9.17) is 0 Å². The van der Waals surface area contributed by atoms with Crippen LogP contribution in [0.3, 0.4) is 0 Å². The van der Waals surface area contributed by atoms with Crippen LogP contribution >= 0.6 is 0 Å². The van der Waals surface area contributed by atoms with Gasteiger partial charge in [0.15, 0.2) is 0 Å². The smallest absolute Gasteiger partial charge is 0.225 e. The van der Waals surface area contributed by atoms with Crippen molar-refractivity contribution in [1.29, 1.82) is 0 Å². The number of amides is 1. The van der Waals surface area contributed by atoms with Gasteiger partial charge < -0.3 is 4.90 Å². The predicted octanol–water partition coefficient (Wildman–Crippen LogP) is 3.05. The second-order valence-corrected chi connectivity index (χ2v) is 7.24. The van der Waals surface area contributed by atoms with E-state index in [-0.39, 0.29) is 23.1 Å². The molecule has 1 heterocycles. The minimum absolute atomic E-state index is 0.0190. The number of carbonyl (C=O) groups excluding carboxylic acids is 1. The van der Waals surface area contributed by atoms with Crippen LogP contribution < -0.4 is 0 Å². The summed E-state index contributed by atoms with van der Waals surface area (Å²) in [6.45, 7) is 2.05. The summed E-state index contributed by atoms with van der Waals surface area (Å²) >= 11 is 0. The van der Waals surface area contributed by atoms with Gasteiger partial charge in [0.1, 0.15) is 11.6 Å². The van der Waals surface area contributed by atoms with Crippen molar-refractivity contribution in [2.24, 2.45) is 11.3 Å². The maximum atomic E-state index is 13.8. The molecular weight excluding hydrogens is 298 g/mol. The quantitative estimate of drug-likeness (QED) is 0.854. The van der Waals surface area contributed by atoms with Crippen molar-refractivity contribution in [3.8, 4) is 0 Å². The molecular formula is C18H24F2N2O. The molecule has 1 aromatic carbocycles. The van der Waals surface area contributed by atoms with E-state index in [0.717, 1.165) is 44.8 Å². The third-order valence-electron chi connectivity index (χ3n) is 5.51.